The molecule has 1 saturated heterocycles. The van der Waals surface area contributed by atoms with E-state index >= 15 is 0 Å². The molecule has 0 aromatic carbocycles. The van der Waals surface area contributed by atoms with E-state index in [-0.39, 0.29) is 25.0 Å². The molecule has 0 saturated carbocycles. The number of carboxylic acid groups (broad SMARTS) is 1. The number of likely N-dealkylation sites (tertiary alicyclic amines) is 1. The Kier molecular flexibility index (Phi) is 5.79. The summed E-state index contributed by atoms with van der Waals surface area (Å²) in [7, 11) is 0. The molecule has 0 radical (unpaired) electrons. The van der Waals surface area contributed by atoms with E-state index in [1.165, 1.54) is 4.90 Å². The zero-order valence-corrected chi connectivity index (χ0v) is 12.1. The zero-order chi connectivity index (χ0) is 15.2. The molecule has 1 rings (SSSR count). The van der Waals surface area contributed by atoms with E-state index in [9.17, 15) is 19.5 Å². The number of hydrogen-bond acceptors (Lipinski definition) is 3. The Bertz CT molecular complexity index is 386. The summed E-state index contributed by atoms with van der Waals surface area (Å²) >= 11 is 0. The van der Waals surface area contributed by atoms with Crippen LogP contribution in [0.1, 0.15) is 33.1 Å². The van der Waals surface area contributed by atoms with Crippen molar-refractivity contribution < 1.29 is 19.5 Å². The van der Waals surface area contributed by atoms with E-state index in [4.69, 9.17) is 0 Å². The van der Waals surface area contributed by atoms with Crippen molar-refractivity contribution in [2.75, 3.05) is 26.2 Å². The molecule has 1 aliphatic heterocycles. The van der Waals surface area contributed by atoms with Crippen molar-refractivity contribution >= 4 is 17.9 Å². The van der Waals surface area contributed by atoms with Gasteiger partial charge in [0.2, 0.25) is 5.91 Å². The third-order valence-corrected chi connectivity index (χ3v) is 3.77. The van der Waals surface area contributed by atoms with Crippen LogP contribution < -0.4 is 10.6 Å². The summed E-state index contributed by atoms with van der Waals surface area (Å²) in [5.74, 6) is -1.11. The summed E-state index contributed by atoms with van der Waals surface area (Å²) in [5.41, 5.74) is -0.860. The number of nitrogens with zero attached hydrogens (tertiary/aromatic N) is 1. The van der Waals surface area contributed by atoms with Crippen molar-refractivity contribution in [3.63, 3.8) is 0 Å². The predicted molar refractivity (Wildman–Crippen MR) is 73.2 cm³/mol. The molecule has 20 heavy (non-hydrogen) atoms. The van der Waals surface area contributed by atoms with Crippen LogP contribution in [0.4, 0.5) is 4.79 Å². The van der Waals surface area contributed by atoms with Crippen LogP contribution in [0, 0.1) is 5.41 Å². The van der Waals surface area contributed by atoms with Gasteiger partial charge in [-0.05, 0) is 26.2 Å². The van der Waals surface area contributed by atoms with Crippen LogP contribution >= 0.6 is 0 Å². The minimum Gasteiger partial charge on any atom is -0.481 e. The molecule has 7 nitrogen and oxygen atoms in total. The quantitative estimate of drug-likeness (QED) is 0.681. The van der Waals surface area contributed by atoms with Crippen LogP contribution in [-0.4, -0.2) is 54.1 Å². The van der Waals surface area contributed by atoms with Gasteiger partial charge in [-0.15, -0.1) is 0 Å². The Hall–Kier alpha value is -1.79. The second-order valence-corrected chi connectivity index (χ2v) is 5.08. The van der Waals surface area contributed by atoms with E-state index in [1.807, 2.05) is 6.92 Å². The highest BCUT2D eigenvalue weighted by Crippen LogP contribution is 2.33. The summed E-state index contributed by atoms with van der Waals surface area (Å²) in [6.07, 6.45) is 1.73. The molecule has 0 aromatic rings. The molecule has 0 bridgehead atoms. The number of rotatable bonds is 5. The third-order valence-electron chi connectivity index (χ3n) is 3.77. The zero-order valence-electron chi connectivity index (χ0n) is 12.1. The molecule has 7 heteroatoms. The van der Waals surface area contributed by atoms with Crippen LogP contribution in [-0.2, 0) is 9.59 Å². The topological polar surface area (TPSA) is 98.7 Å². The molecule has 0 aromatic heterocycles. The van der Waals surface area contributed by atoms with Gasteiger partial charge in [0.25, 0.3) is 0 Å². The largest absolute Gasteiger partial charge is 0.481 e. The Labute approximate surface area is 118 Å². The Balaban J connectivity index is 2.56. The highest BCUT2D eigenvalue weighted by atomic mass is 16.4. The number of piperidine rings is 1. The summed E-state index contributed by atoms with van der Waals surface area (Å²) < 4.78 is 0. The van der Waals surface area contributed by atoms with Gasteiger partial charge in [0.15, 0.2) is 0 Å². The summed E-state index contributed by atoms with van der Waals surface area (Å²) in [4.78, 5) is 36.1. The maximum atomic E-state index is 12.0. The number of carboxylic acids is 1. The first-order valence-electron chi connectivity index (χ1n) is 6.98. The molecular weight excluding hydrogens is 262 g/mol. The first-order chi connectivity index (χ1) is 9.45. The molecular formula is C13H23N3O4. The molecule has 1 atom stereocenters. The number of likely N-dealkylation sites (N-methyl/N-ethyl adjacent to an activating group) is 1. The highest BCUT2D eigenvalue weighted by molar-refractivity contribution is 5.84. The highest BCUT2D eigenvalue weighted by Gasteiger charge is 2.42. The van der Waals surface area contributed by atoms with Gasteiger partial charge in [-0.3, -0.25) is 9.59 Å². The van der Waals surface area contributed by atoms with Crippen LogP contribution in [0.5, 0.6) is 0 Å². The number of urea groups is 1. The Morgan fingerprint density at radius 3 is 2.50 bits per heavy atom. The molecule has 1 fully saturated rings. The van der Waals surface area contributed by atoms with E-state index < -0.39 is 11.4 Å². The molecule has 0 spiro atoms. The molecule has 1 unspecified atom stereocenters. The van der Waals surface area contributed by atoms with Crippen LogP contribution in [0.2, 0.25) is 0 Å². The van der Waals surface area contributed by atoms with Gasteiger partial charge in [-0.25, -0.2) is 4.79 Å². The van der Waals surface area contributed by atoms with Crippen molar-refractivity contribution in [1.29, 1.82) is 0 Å². The lowest BCUT2D eigenvalue weighted by atomic mass is 9.78. The first kappa shape index (κ1) is 16.3. The minimum absolute atomic E-state index is 0.0879. The monoisotopic (exact) mass is 285 g/mol. The SMILES string of the molecule is CCNC(=O)CNC(=O)N1CCCC(CC)(C(=O)O)C1. The lowest BCUT2D eigenvalue weighted by Crippen LogP contribution is -2.53. The van der Waals surface area contributed by atoms with Crippen LogP contribution in [0.3, 0.4) is 0 Å². The number of nitrogens with one attached hydrogen (secondary N) is 2. The average molecular weight is 285 g/mol. The third kappa shape index (κ3) is 3.85. The van der Waals surface area contributed by atoms with Crippen molar-refractivity contribution in [3.8, 4) is 0 Å². The smallest absolute Gasteiger partial charge is 0.317 e. The van der Waals surface area contributed by atoms with Gasteiger partial charge in [0.05, 0.1) is 12.0 Å². The number of hydrogen-bond donors (Lipinski definition) is 3. The van der Waals surface area contributed by atoms with Gasteiger partial charge >= 0.3 is 12.0 Å². The van der Waals surface area contributed by atoms with E-state index in [0.717, 1.165) is 0 Å². The predicted octanol–water partition coefficient (Wildman–Crippen LogP) is 0.409. The van der Waals surface area contributed by atoms with Crippen molar-refractivity contribution in [2.24, 2.45) is 5.41 Å². The second kappa shape index (κ2) is 7.12. The molecule has 1 aliphatic rings. The van der Waals surface area contributed by atoms with Crippen LogP contribution in [0.15, 0.2) is 0 Å². The normalized spacial score (nSPS) is 22.2. The van der Waals surface area contributed by atoms with Gasteiger partial charge in [-0.1, -0.05) is 6.92 Å². The number of carbonyl (C=O) groups excluding carboxylic acids is 2. The van der Waals surface area contributed by atoms with E-state index in [0.29, 0.717) is 32.4 Å². The van der Waals surface area contributed by atoms with Gasteiger partial charge in [-0.2, -0.15) is 0 Å². The Morgan fingerprint density at radius 1 is 1.25 bits per heavy atom. The molecule has 1 heterocycles. The van der Waals surface area contributed by atoms with Crippen molar-refractivity contribution in [3.05, 3.63) is 0 Å². The van der Waals surface area contributed by atoms with Gasteiger partial charge in [0.1, 0.15) is 0 Å². The molecule has 3 N–H and O–H groups in total. The lowest BCUT2D eigenvalue weighted by Gasteiger charge is -2.39. The van der Waals surface area contributed by atoms with Gasteiger partial charge < -0.3 is 20.6 Å². The average Bonchev–Trinajstić information content (AvgIpc) is 2.44. The summed E-state index contributed by atoms with van der Waals surface area (Å²) in [6, 6.07) is -0.380. The molecule has 3 amide bonds. The Morgan fingerprint density at radius 2 is 1.95 bits per heavy atom. The van der Waals surface area contributed by atoms with E-state index in [1.54, 1.807) is 6.92 Å². The number of amides is 3. The molecule has 114 valence electrons. The summed E-state index contributed by atoms with van der Waals surface area (Å²) in [6.45, 7) is 4.76. The van der Waals surface area contributed by atoms with Gasteiger partial charge in [0, 0.05) is 19.6 Å². The number of aliphatic carboxylic acids is 1. The standard InChI is InChI=1S/C13H23N3O4/c1-3-13(11(18)19)6-5-7-16(9-13)12(20)15-8-10(17)14-4-2/h3-9H2,1-2H3,(H,14,17)(H,15,20)(H,18,19). The first-order valence-corrected chi connectivity index (χ1v) is 6.98. The minimum atomic E-state index is -0.860. The summed E-state index contributed by atoms with van der Waals surface area (Å²) in [5, 5.41) is 14.5. The van der Waals surface area contributed by atoms with E-state index in [2.05, 4.69) is 10.6 Å². The second-order valence-electron chi connectivity index (χ2n) is 5.08. The fourth-order valence-electron chi connectivity index (χ4n) is 2.45. The fraction of sp³-hybridized carbons (Fsp3) is 0.769. The maximum absolute atomic E-state index is 12.0. The van der Waals surface area contributed by atoms with Crippen LogP contribution in [0.25, 0.3) is 0 Å². The van der Waals surface area contributed by atoms with Crippen molar-refractivity contribution in [2.45, 2.75) is 33.1 Å². The van der Waals surface area contributed by atoms with Crippen molar-refractivity contribution in [1.82, 2.24) is 15.5 Å². The lowest BCUT2D eigenvalue weighted by molar-refractivity contribution is -0.152. The number of carbonyl (C=O) groups is 3. The molecule has 0 aliphatic carbocycles. The maximum Gasteiger partial charge on any atom is 0.317 e. The fourth-order valence-corrected chi connectivity index (χ4v) is 2.45.